The maximum absolute atomic E-state index is 9.36. The highest BCUT2D eigenvalue weighted by Gasteiger charge is 2.20. The molecule has 3 rings (SSSR count). The lowest BCUT2D eigenvalue weighted by Gasteiger charge is -2.26. The first-order valence-electron chi connectivity index (χ1n) is 5.60. The molecule has 2 heterocycles. The third kappa shape index (κ3) is 1.33. The number of benzene rings is 1. The smallest absolute Gasteiger partial charge is 0.107 e. The van der Waals surface area contributed by atoms with Crippen LogP contribution >= 0.6 is 0 Å². The van der Waals surface area contributed by atoms with Crippen molar-refractivity contribution < 1.29 is 5.11 Å². The highest BCUT2D eigenvalue weighted by molar-refractivity contribution is 5.89. The lowest BCUT2D eigenvalue weighted by molar-refractivity contribution is 0.282. The summed E-state index contributed by atoms with van der Waals surface area (Å²) in [6.07, 6.45) is 0. The third-order valence-corrected chi connectivity index (χ3v) is 3.21. The summed E-state index contributed by atoms with van der Waals surface area (Å²) in [6, 6.07) is 10.1. The van der Waals surface area contributed by atoms with Gasteiger partial charge < -0.3 is 15.0 Å². The molecule has 2 aromatic rings. The fourth-order valence-corrected chi connectivity index (χ4v) is 2.40. The van der Waals surface area contributed by atoms with E-state index in [4.69, 9.17) is 0 Å². The molecule has 17 heavy (non-hydrogen) atoms. The van der Waals surface area contributed by atoms with Gasteiger partial charge in [-0.1, -0.05) is 24.8 Å². The molecule has 3 nitrogen and oxygen atoms in total. The Morgan fingerprint density at radius 3 is 2.88 bits per heavy atom. The molecule has 0 radical (unpaired) electrons. The van der Waals surface area contributed by atoms with Crippen molar-refractivity contribution in [3.8, 4) is 11.3 Å². The second-order valence-corrected chi connectivity index (χ2v) is 4.26. The number of fused-ring (bicyclic) bond motifs is 3. The molecule has 3 heteroatoms. The van der Waals surface area contributed by atoms with E-state index in [1.807, 2.05) is 12.1 Å². The van der Waals surface area contributed by atoms with E-state index < -0.39 is 0 Å². The number of rotatable bonds is 1. The average Bonchev–Trinajstić information content (AvgIpc) is 2.72. The van der Waals surface area contributed by atoms with Crippen LogP contribution < -0.4 is 5.32 Å². The predicted molar refractivity (Wildman–Crippen MR) is 69.5 cm³/mol. The largest absolute Gasteiger partial charge is 0.392 e. The Kier molecular flexibility index (Phi) is 2.09. The first-order chi connectivity index (χ1) is 8.22. The van der Waals surface area contributed by atoms with Gasteiger partial charge in [0, 0.05) is 16.8 Å². The van der Waals surface area contributed by atoms with Crippen molar-refractivity contribution in [2.45, 2.75) is 13.5 Å². The van der Waals surface area contributed by atoms with Crippen molar-refractivity contribution >= 4 is 11.5 Å². The zero-order valence-corrected chi connectivity index (χ0v) is 9.70. The van der Waals surface area contributed by atoms with E-state index in [9.17, 15) is 5.11 Å². The lowest BCUT2D eigenvalue weighted by Crippen LogP contribution is -2.15. The van der Waals surface area contributed by atoms with Gasteiger partial charge in [-0.25, -0.2) is 0 Å². The molecule has 0 aliphatic carbocycles. The highest BCUT2D eigenvalue weighted by Crippen LogP contribution is 2.38. The Morgan fingerprint density at radius 1 is 1.29 bits per heavy atom. The summed E-state index contributed by atoms with van der Waals surface area (Å²) in [7, 11) is 0. The number of para-hydroxylation sites is 1. The van der Waals surface area contributed by atoms with E-state index in [0.29, 0.717) is 0 Å². The van der Waals surface area contributed by atoms with Crippen molar-refractivity contribution in [2.75, 3.05) is 5.32 Å². The molecule has 2 N–H and O–H groups in total. The number of hydrogen-bond acceptors (Lipinski definition) is 2. The second kappa shape index (κ2) is 3.50. The van der Waals surface area contributed by atoms with Crippen molar-refractivity contribution in [1.82, 2.24) is 4.57 Å². The summed E-state index contributed by atoms with van der Waals surface area (Å²) >= 11 is 0. The van der Waals surface area contributed by atoms with Gasteiger partial charge in [0.1, 0.15) is 5.82 Å². The van der Waals surface area contributed by atoms with Crippen LogP contribution in [-0.4, -0.2) is 9.67 Å². The third-order valence-electron chi connectivity index (χ3n) is 3.21. The molecule has 1 aliphatic rings. The molecular weight excluding hydrogens is 212 g/mol. The van der Waals surface area contributed by atoms with Gasteiger partial charge in [0.2, 0.25) is 0 Å². The quantitative estimate of drug-likeness (QED) is 0.784. The van der Waals surface area contributed by atoms with Crippen LogP contribution in [0.2, 0.25) is 0 Å². The molecule has 1 aromatic carbocycles. The summed E-state index contributed by atoms with van der Waals surface area (Å²) in [5.41, 5.74) is 5.24. The second-order valence-electron chi connectivity index (χ2n) is 4.26. The van der Waals surface area contributed by atoms with Crippen molar-refractivity contribution in [3.05, 3.63) is 48.2 Å². The SMILES string of the molecule is C=C1Nc2c(CO)cccc2-c2ccc(C)n21. The van der Waals surface area contributed by atoms with Gasteiger partial charge in [-0.3, -0.25) is 0 Å². The zero-order chi connectivity index (χ0) is 12.0. The van der Waals surface area contributed by atoms with Crippen LogP contribution in [0.3, 0.4) is 0 Å². The number of nitrogens with one attached hydrogen (secondary N) is 1. The van der Waals surface area contributed by atoms with Crippen LogP contribution in [0, 0.1) is 6.92 Å². The number of anilines is 1. The maximum atomic E-state index is 9.36. The van der Waals surface area contributed by atoms with Crippen LogP contribution in [-0.2, 0) is 6.61 Å². The highest BCUT2D eigenvalue weighted by atomic mass is 16.3. The topological polar surface area (TPSA) is 37.2 Å². The molecule has 0 spiro atoms. The Morgan fingerprint density at radius 2 is 2.12 bits per heavy atom. The number of hydrogen-bond donors (Lipinski definition) is 2. The minimum absolute atomic E-state index is 0.0309. The van der Waals surface area contributed by atoms with Gasteiger partial charge in [0.05, 0.1) is 18.0 Å². The summed E-state index contributed by atoms with van der Waals surface area (Å²) < 4.78 is 2.09. The van der Waals surface area contributed by atoms with E-state index in [2.05, 4.69) is 41.6 Å². The molecule has 0 saturated carbocycles. The number of aryl methyl sites for hydroxylation is 1. The van der Waals surface area contributed by atoms with Crippen molar-refractivity contribution in [2.24, 2.45) is 0 Å². The number of aromatic nitrogens is 1. The van der Waals surface area contributed by atoms with E-state index in [0.717, 1.165) is 34.0 Å². The summed E-state index contributed by atoms with van der Waals surface area (Å²) in [6.45, 7) is 6.12. The summed E-state index contributed by atoms with van der Waals surface area (Å²) in [5, 5.41) is 12.6. The molecule has 0 bridgehead atoms. The lowest BCUT2D eigenvalue weighted by atomic mass is 10.0. The minimum Gasteiger partial charge on any atom is -0.392 e. The standard InChI is InChI=1S/C14H14N2O/c1-9-6-7-13-12-5-3-4-11(8-17)14(12)15-10(2)16(9)13/h3-7,15,17H,2,8H2,1H3. The fraction of sp³-hybridized carbons (Fsp3) is 0.143. The van der Waals surface area contributed by atoms with Crippen LogP contribution in [0.1, 0.15) is 11.3 Å². The predicted octanol–water partition coefficient (Wildman–Crippen LogP) is 2.81. The molecule has 0 saturated heterocycles. The number of aliphatic hydroxyl groups excluding tert-OH is 1. The van der Waals surface area contributed by atoms with Crippen molar-refractivity contribution in [1.29, 1.82) is 0 Å². The Hall–Kier alpha value is -2.00. The fourth-order valence-electron chi connectivity index (χ4n) is 2.40. The van der Waals surface area contributed by atoms with Gasteiger partial charge in [-0.05, 0) is 19.1 Å². The molecule has 86 valence electrons. The first-order valence-corrected chi connectivity index (χ1v) is 5.60. The van der Waals surface area contributed by atoms with Gasteiger partial charge in [0.25, 0.3) is 0 Å². The number of nitrogens with zero attached hydrogens (tertiary/aromatic N) is 1. The molecule has 0 atom stereocenters. The zero-order valence-electron chi connectivity index (χ0n) is 9.70. The monoisotopic (exact) mass is 226 g/mol. The number of aliphatic hydroxyl groups is 1. The van der Waals surface area contributed by atoms with Crippen LogP contribution in [0.4, 0.5) is 5.69 Å². The van der Waals surface area contributed by atoms with Crippen LogP contribution in [0.5, 0.6) is 0 Å². The van der Waals surface area contributed by atoms with Gasteiger partial charge in [-0.15, -0.1) is 0 Å². The van der Waals surface area contributed by atoms with Gasteiger partial charge in [-0.2, -0.15) is 0 Å². The normalized spacial score (nSPS) is 12.9. The van der Waals surface area contributed by atoms with Crippen molar-refractivity contribution in [3.63, 3.8) is 0 Å². The summed E-state index contributed by atoms with van der Waals surface area (Å²) in [4.78, 5) is 0. The molecule has 0 unspecified atom stereocenters. The molecule has 1 aromatic heterocycles. The molecular formula is C14H14N2O. The van der Waals surface area contributed by atoms with E-state index in [1.54, 1.807) is 0 Å². The molecule has 0 amide bonds. The van der Waals surface area contributed by atoms with E-state index in [1.165, 1.54) is 0 Å². The first kappa shape index (κ1) is 10.2. The summed E-state index contributed by atoms with van der Waals surface area (Å²) in [5.74, 6) is 0.830. The molecule has 0 fully saturated rings. The Labute approximate surface area is 100 Å². The van der Waals surface area contributed by atoms with E-state index >= 15 is 0 Å². The van der Waals surface area contributed by atoms with E-state index in [-0.39, 0.29) is 6.61 Å². The maximum Gasteiger partial charge on any atom is 0.107 e. The minimum atomic E-state index is 0.0309. The Bertz CT molecular complexity index is 611. The van der Waals surface area contributed by atoms with Crippen LogP contribution in [0.25, 0.3) is 17.1 Å². The van der Waals surface area contributed by atoms with Gasteiger partial charge >= 0.3 is 0 Å². The van der Waals surface area contributed by atoms with Gasteiger partial charge in [0.15, 0.2) is 0 Å². The average molecular weight is 226 g/mol. The Balaban J connectivity index is 2.32. The van der Waals surface area contributed by atoms with Crippen LogP contribution in [0.15, 0.2) is 36.9 Å². The molecule has 1 aliphatic heterocycles.